The third kappa shape index (κ3) is 3.76. The van der Waals surface area contributed by atoms with Gasteiger partial charge in [-0.1, -0.05) is 26.2 Å². The molecule has 0 aromatic rings. The van der Waals surface area contributed by atoms with Crippen LogP contribution in [0.4, 0.5) is 0 Å². The SMILES string of the molecule is COC(CN)C(=O)NCC1CCCCC1C. The van der Waals surface area contributed by atoms with Crippen molar-refractivity contribution in [1.82, 2.24) is 5.32 Å². The number of ether oxygens (including phenoxy) is 1. The molecule has 0 radical (unpaired) electrons. The van der Waals surface area contributed by atoms with Crippen LogP contribution in [-0.4, -0.2) is 32.2 Å². The fourth-order valence-electron chi connectivity index (χ4n) is 2.35. The van der Waals surface area contributed by atoms with E-state index in [1.165, 1.54) is 32.8 Å². The first-order valence-electron chi connectivity index (χ1n) is 6.19. The predicted molar refractivity (Wildman–Crippen MR) is 64.0 cm³/mol. The maximum Gasteiger partial charge on any atom is 0.250 e. The van der Waals surface area contributed by atoms with Crippen molar-refractivity contribution in [2.75, 3.05) is 20.2 Å². The van der Waals surface area contributed by atoms with Gasteiger partial charge in [-0.3, -0.25) is 4.79 Å². The van der Waals surface area contributed by atoms with Gasteiger partial charge in [-0.2, -0.15) is 0 Å². The number of carbonyl (C=O) groups excluding carboxylic acids is 1. The molecule has 0 aliphatic heterocycles. The van der Waals surface area contributed by atoms with Crippen molar-refractivity contribution in [1.29, 1.82) is 0 Å². The highest BCUT2D eigenvalue weighted by Gasteiger charge is 2.23. The maximum absolute atomic E-state index is 11.6. The molecule has 0 spiro atoms. The van der Waals surface area contributed by atoms with E-state index >= 15 is 0 Å². The molecule has 1 saturated carbocycles. The van der Waals surface area contributed by atoms with Crippen LogP contribution in [0.1, 0.15) is 32.6 Å². The topological polar surface area (TPSA) is 64.3 Å². The van der Waals surface area contributed by atoms with Crippen LogP contribution in [0, 0.1) is 11.8 Å². The van der Waals surface area contributed by atoms with Gasteiger partial charge >= 0.3 is 0 Å². The Kier molecular flexibility index (Phi) is 5.77. The number of hydrogen-bond donors (Lipinski definition) is 2. The Morgan fingerprint density at radius 3 is 2.75 bits per heavy atom. The molecule has 1 aliphatic carbocycles. The zero-order valence-corrected chi connectivity index (χ0v) is 10.4. The Bertz CT molecular complexity index is 217. The van der Waals surface area contributed by atoms with E-state index in [1.807, 2.05) is 0 Å². The van der Waals surface area contributed by atoms with Crippen LogP contribution in [0.5, 0.6) is 0 Å². The van der Waals surface area contributed by atoms with Gasteiger partial charge < -0.3 is 15.8 Å². The summed E-state index contributed by atoms with van der Waals surface area (Å²) in [4.78, 5) is 11.6. The normalized spacial score (nSPS) is 27.4. The number of nitrogens with one attached hydrogen (secondary N) is 1. The van der Waals surface area contributed by atoms with E-state index in [1.54, 1.807) is 0 Å². The second kappa shape index (κ2) is 6.86. The average molecular weight is 228 g/mol. The zero-order valence-electron chi connectivity index (χ0n) is 10.4. The maximum atomic E-state index is 11.6. The van der Waals surface area contributed by atoms with Gasteiger partial charge in [0.1, 0.15) is 6.10 Å². The second-order valence-electron chi connectivity index (χ2n) is 4.73. The molecule has 0 aromatic heterocycles. The Morgan fingerprint density at radius 1 is 1.50 bits per heavy atom. The molecular formula is C12H24N2O2. The van der Waals surface area contributed by atoms with E-state index in [0.29, 0.717) is 11.8 Å². The minimum Gasteiger partial charge on any atom is -0.370 e. The summed E-state index contributed by atoms with van der Waals surface area (Å²) in [5.41, 5.74) is 5.43. The highest BCUT2D eigenvalue weighted by atomic mass is 16.5. The Morgan fingerprint density at radius 2 is 2.19 bits per heavy atom. The first-order valence-corrected chi connectivity index (χ1v) is 6.19. The minimum atomic E-state index is -0.501. The number of amides is 1. The van der Waals surface area contributed by atoms with Crippen LogP contribution in [0.15, 0.2) is 0 Å². The van der Waals surface area contributed by atoms with Crippen LogP contribution >= 0.6 is 0 Å². The Hall–Kier alpha value is -0.610. The monoisotopic (exact) mass is 228 g/mol. The first-order chi connectivity index (χ1) is 7.69. The molecule has 4 heteroatoms. The third-order valence-electron chi connectivity index (χ3n) is 3.62. The van der Waals surface area contributed by atoms with Crippen LogP contribution < -0.4 is 11.1 Å². The van der Waals surface area contributed by atoms with Gasteiger partial charge in [0, 0.05) is 20.2 Å². The van der Waals surface area contributed by atoms with Gasteiger partial charge in [0.15, 0.2) is 0 Å². The number of nitrogens with two attached hydrogens (primary N) is 1. The van der Waals surface area contributed by atoms with Crippen molar-refractivity contribution in [2.45, 2.75) is 38.7 Å². The van der Waals surface area contributed by atoms with Crippen molar-refractivity contribution < 1.29 is 9.53 Å². The molecule has 1 fully saturated rings. The molecular weight excluding hydrogens is 204 g/mol. The second-order valence-corrected chi connectivity index (χ2v) is 4.73. The van der Waals surface area contributed by atoms with Crippen LogP contribution in [0.25, 0.3) is 0 Å². The molecule has 1 amide bonds. The summed E-state index contributed by atoms with van der Waals surface area (Å²) in [6.45, 7) is 3.27. The molecule has 0 bridgehead atoms. The Labute approximate surface area is 97.9 Å². The van der Waals surface area contributed by atoms with Crippen molar-refractivity contribution in [3.8, 4) is 0 Å². The van der Waals surface area contributed by atoms with Crippen molar-refractivity contribution >= 4 is 5.91 Å². The fraction of sp³-hybridized carbons (Fsp3) is 0.917. The fourth-order valence-corrected chi connectivity index (χ4v) is 2.35. The molecule has 4 nitrogen and oxygen atoms in total. The van der Waals surface area contributed by atoms with Gasteiger partial charge in [0.25, 0.3) is 0 Å². The lowest BCUT2D eigenvalue weighted by molar-refractivity contribution is -0.130. The average Bonchev–Trinajstić information content (AvgIpc) is 2.29. The van der Waals surface area contributed by atoms with E-state index in [0.717, 1.165) is 6.54 Å². The smallest absolute Gasteiger partial charge is 0.250 e. The van der Waals surface area contributed by atoms with E-state index < -0.39 is 6.10 Å². The molecule has 94 valence electrons. The molecule has 1 aliphatic rings. The first kappa shape index (κ1) is 13.5. The molecule has 0 saturated heterocycles. The summed E-state index contributed by atoms with van der Waals surface area (Å²) in [5, 5.41) is 2.94. The lowest BCUT2D eigenvalue weighted by atomic mass is 9.80. The third-order valence-corrected chi connectivity index (χ3v) is 3.62. The number of methoxy groups -OCH3 is 1. The van der Waals surface area contributed by atoms with E-state index in [2.05, 4.69) is 12.2 Å². The highest BCUT2D eigenvalue weighted by molar-refractivity contribution is 5.80. The van der Waals surface area contributed by atoms with E-state index in [4.69, 9.17) is 10.5 Å². The van der Waals surface area contributed by atoms with Gasteiger partial charge in [0.05, 0.1) is 0 Å². The summed E-state index contributed by atoms with van der Waals surface area (Å²) in [6.07, 6.45) is 4.62. The summed E-state index contributed by atoms with van der Waals surface area (Å²) in [6, 6.07) is 0. The molecule has 0 aromatic carbocycles. The van der Waals surface area contributed by atoms with Crippen LogP contribution in [0.2, 0.25) is 0 Å². The van der Waals surface area contributed by atoms with Gasteiger partial charge in [-0.05, 0) is 18.3 Å². The molecule has 1 rings (SSSR count). The summed E-state index contributed by atoms with van der Waals surface area (Å²) in [5.74, 6) is 1.25. The van der Waals surface area contributed by atoms with Gasteiger partial charge in [-0.15, -0.1) is 0 Å². The predicted octanol–water partition coefficient (Wildman–Crippen LogP) is 0.903. The number of rotatable bonds is 5. The largest absolute Gasteiger partial charge is 0.370 e. The Balaban J connectivity index is 2.29. The molecule has 0 heterocycles. The lowest BCUT2D eigenvalue weighted by Crippen LogP contribution is -2.43. The molecule has 16 heavy (non-hydrogen) atoms. The molecule has 3 atom stereocenters. The van der Waals surface area contributed by atoms with E-state index in [9.17, 15) is 4.79 Å². The van der Waals surface area contributed by atoms with Crippen molar-refractivity contribution in [3.63, 3.8) is 0 Å². The summed E-state index contributed by atoms with van der Waals surface area (Å²) >= 11 is 0. The van der Waals surface area contributed by atoms with Crippen LogP contribution in [-0.2, 0) is 9.53 Å². The van der Waals surface area contributed by atoms with Crippen LogP contribution in [0.3, 0.4) is 0 Å². The summed E-state index contributed by atoms with van der Waals surface area (Å²) < 4.78 is 4.99. The van der Waals surface area contributed by atoms with E-state index in [-0.39, 0.29) is 12.5 Å². The lowest BCUT2D eigenvalue weighted by Gasteiger charge is -2.29. The van der Waals surface area contributed by atoms with Crippen molar-refractivity contribution in [2.24, 2.45) is 17.6 Å². The number of hydrogen-bond acceptors (Lipinski definition) is 3. The standard InChI is InChI=1S/C12H24N2O2/c1-9-5-3-4-6-10(9)8-14-12(15)11(7-13)16-2/h9-11H,3-8,13H2,1-2H3,(H,14,15). The quantitative estimate of drug-likeness (QED) is 0.735. The molecule has 3 N–H and O–H groups in total. The number of carbonyl (C=O) groups is 1. The van der Waals surface area contributed by atoms with Gasteiger partial charge in [-0.25, -0.2) is 0 Å². The van der Waals surface area contributed by atoms with Crippen molar-refractivity contribution in [3.05, 3.63) is 0 Å². The van der Waals surface area contributed by atoms with Gasteiger partial charge in [0.2, 0.25) is 5.91 Å². The molecule has 3 unspecified atom stereocenters. The zero-order chi connectivity index (χ0) is 12.0. The summed E-state index contributed by atoms with van der Waals surface area (Å²) in [7, 11) is 1.51. The highest BCUT2D eigenvalue weighted by Crippen LogP contribution is 2.28. The minimum absolute atomic E-state index is 0.0808.